The van der Waals surface area contributed by atoms with Gasteiger partial charge in [0.15, 0.2) is 0 Å². The first-order chi connectivity index (χ1) is 19.4. The number of rotatable bonds is 7. The van der Waals surface area contributed by atoms with Crippen molar-refractivity contribution in [3.63, 3.8) is 0 Å². The highest BCUT2D eigenvalue weighted by molar-refractivity contribution is 6.07. The molecular weight excluding hydrogens is 575 g/mol. The number of aromatic nitrogens is 1. The Bertz CT molecular complexity index is 1740. The summed E-state index contributed by atoms with van der Waals surface area (Å²) in [7, 11) is 2.04. The zero-order valence-electron chi connectivity index (χ0n) is 22.5. The molecule has 0 bridgehead atoms. The van der Waals surface area contributed by atoms with E-state index in [1.165, 1.54) is 6.34 Å². The molecule has 0 aliphatic heterocycles. The smallest absolute Gasteiger partial charge is 0.323 e. The Kier molecular flexibility index (Phi) is 10.3. The van der Waals surface area contributed by atoms with Crippen LogP contribution in [0.5, 0.6) is 0 Å². The van der Waals surface area contributed by atoms with E-state index in [0.29, 0.717) is 17.1 Å². The molecule has 5 aromatic rings. The fraction of sp³-hybridized carbons (Fsp3) is 0.0345. The minimum absolute atomic E-state index is 0. The van der Waals surface area contributed by atoms with Crippen LogP contribution in [0.2, 0.25) is 0 Å². The van der Waals surface area contributed by atoms with E-state index in [1.807, 2.05) is 61.6 Å². The predicted octanol–water partition coefficient (Wildman–Crippen LogP) is 2.05. The Labute approximate surface area is 254 Å². The lowest BCUT2D eigenvalue weighted by Crippen LogP contribution is -3.00. The minimum atomic E-state index is -0.362. The van der Waals surface area contributed by atoms with Gasteiger partial charge in [-0.25, -0.2) is 10.2 Å². The van der Waals surface area contributed by atoms with Crippen molar-refractivity contribution in [2.75, 3.05) is 27.0 Å². The number of guanidine groups is 1. The molecule has 1 aromatic heterocycles. The van der Waals surface area contributed by atoms with Crippen molar-refractivity contribution in [1.29, 1.82) is 5.41 Å². The van der Waals surface area contributed by atoms with Gasteiger partial charge in [0.25, 0.3) is 0 Å². The average molecular weight is 606 g/mol. The van der Waals surface area contributed by atoms with Crippen molar-refractivity contribution < 1.29 is 21.8 Å². The normalized spacial score (nSPS) is 10.4. The van der Waals surface area contributed by atoms with Gasteiger partial charge in [-0.1, -0.05) is 12.1 Å². The molecule has 0 saturated heterocycles. The molecule has 0 saturated carbocycles. The summed E-state index contributed by atoms with van der Waals surface area (Å²) in [5.41, 5.74) is 20.3. The molecule has 5 rings (SSSR count). The number of halogens is 2. The number of amides is 2. The second-order valence-electron chi connectivity index (χ2n) is 9.01. The third-order valence-electron chi connectivity index (χ3n) is 6.22. The summed E-state index contributed by atoms with van der Waals surface area (Å²) in [4.78, 5) is 12.5. The van der Waals surface area contributed by atoms with Crippen LogP contribution in [0, 0.1) is 5.41 Å². The highest BCUT2D eigenvalue weighted by Gasteiger charge is 2.18. The van der Waals surface area contributed by atoms with Crippen LogP contribution >= 0.6 is 12.4 Å². The molecule has 2 amide bonds. The number of carbonyl (C=O) groups is 1. The highest BCUT2D eigenvalue weighted by Crippen LogP contribution is 2.33. The maximum atomic E-state index is 12.5. The van der Waals surface area contributed by atoms with Gasteiger partial charge in [0.1, 0.15) is 13.4 Å². The van der Waals surface area contributed by atoms with Crippen molar-refractivity contribution >= 4 is 86.7 Å². The summed E-state index contributed by atoms with van der Waals surface area (Å²) in [5.74, 6) is -0.256. The summed E-state index contributed by atoms with van der Waals surface area (Å²) >= 11 is 0. The molecule has 216 valence electrons. The van der Waals surface area contributed by atoms with Crippen LogP contribution in [0.15, 0.2) is 96.1 Å². The number of carbonyl (C=O) groups excluding carboxylic acids is 1. The van der Waals surface area contributed by atoms with Crippen molar-refractivity contribution in [3.05, 3.63) is 91.0 Å². The molecule has 10 N–H and O–H groups in total. The number of hydrogen-bond donors (Lipinski definition) is 8. The molecule has 13 heteroatoms. The zero-order valence-corrected chi connectivity index (χ0v) is 24.1. The van der Waals surface area contributed by atoms with E-state index >= 15 is 0 Å². The second-order valence-corrected chi connectivity index (χ2v) is 9.01. The summed E-state index contributed by atoms with van der Waals surface area (Å²) in [5, 5.41) is 25.1. The Morgan fingerprint density at radius 1 is 0.833 bits per heavy atom. The van der Waals surface area contributed by atoms with Crippen LogP contribution in [-0.4, -0.2) is 18.3 Å². The van der Waals surface area contributed by atoms with Crippen LogP contribution in [0.3, 0.4) is 0 Å². The number of benzene rings is 4. The molecule has 0 unspecified atom stereocenters. The van der Waals surface area contributed by atoms with Gasteiger partial charge in [0, 0.05) is 40.6 Å². The standard InChI is InChI=1S/C29H28N10O.2ClH/c1-39-25-5-3-2-4-23(25)27(24-15-6-18(30)16-26(24)39)35-20-11-13-22(14-12-20)37-29(40)36-21-9-7-19(8-10-21)33-17-34-38-28(31)32;;/h2-17H,1H3,(H9,30,31,32,33,34,35,36,37,38,40);2*1H. The van der Waals surface area contributed by atoms with Gasteiger partial charge in [-0.15, -0.1) is 12.4 Å². The number of nitrogen functional groups attached to an aromatic ring is 1. The number of nitrogens with two attached hydrogens (primary N) is 2. The van der Waals surface area contributed by atoms with Crippen molar-refractivity contribution in [1.82, 2.24) is 5.43 Å². The molecule has 0 atom stereocenters. The summed E-state index contributed by atoms with van der Waals surface area (Å²) in [6.07, 6.45) is 1.37. The number of aryl methyl sites for hydroxylation is 1. The molecule has 11 nitrogen and oxygen atoms in total. The van der Waals surface area contributed by atoms with E-state index in [0.717, 1.165) is 38.9 Å². The molecule has 0 spiro atoms. The Balaban J connectivity index is 0.00000242. The topological polar surface area (TPSA) is 169 Å². The largest absolute Gasteiger partial charge is 1.00 e. The Hall–Kier alpha value is -5.26. The number of para-hydroxylation sites is 1. The van der Waals surface area contributed by atoms with Gasteiger partial charge in [-0.3, -0.25) is 5.41 Å². The van der Waals surface area contributed by atoms with Gasteiger partial charge in [0.05, 0.1) is 16.5 Å². The maximum absolute atomic E-state index is 12.5. The van der Waals surface area contributed by atoms with Crippen LogP contribution < -0.4 is 55.1 Å². The quantitative estimate of drug-likeness (QED) is 0.0353. The number of pyridine rings is 1. The lowest BCUT2D eigenvalue weighted by atomic mass is 10.1. The van der Waals surface area contributed by atoms with Crippen LogP contribution in [0.4, 0.5) is 38.9 Å². The average Bonchev–Trinajstić information content (AvgIpc) is 2.95. The molecule has 0 fully saturated rings. The lowest BCUT2D eigenvalue weighted by molar-refractivity contribution is -0.617. The molecule has 4 aromatic carbocycles. The van der Waals surface area contributed by atoms with Gasteiger partial charge in [-0.05, 0) is 66.7 Å². The summed E-state index contributed by atoms with van der Waals surface area (Å²) in [6.45, 7) is 0. The lowest BCUT2D eigenvalue weighted by Gasteiger charge is -2.14. The van der Waals surface area contributed by atoms with E-state index in [2.05, 4.69) is 48.5 Å². The monoisotopic (exact) mass is 604 g/mol. The Morgan fingerprint density at radius 2 is 1.40 bits per heavy atom. The maximum Gasteiger partial charge on any atom is 0.323 e. The van der Waals surface area contributed by atoms with E-state index in [-0.39, 0.29) is 36.8 Å². The summed E-state index contributed by atoms with van der Waals surface area (Å²) < 4.78 is 2.14. The molecule has 0 aliphatic carbocycles. The minimum Gasteiger partial charge on any atom is -1.00 e. The van der Waals surface area contributed by atoms with E-state index in [4.69, 9.17) is 16.9 Å². The second kappa shape index (κ2) is 13.9. The number of hydrogen-bond acceptors (Lipinski definition) is 5. The van der Waals surface area contributed by atoms with Crippen molar-refractivity contribution in [2.45, 2.75) is 0 Å². The van der Waals surface area contributed by atoms with Crippen LogP contribution in [-0.2, 0) is 7.05 Å². The Morgan fingerprint density at radius 3 is 2.05 bits per heavy atom. The van der Waals surface area contributed by atoms with Crippen molar-refractivity contribution in [3.8, 4) is 0 Å². The number of fused-ring (bicyclic) bond motifs is 2. The fourth-order valence-corrected chi connectivity index (χ4v) is 4.36. The number of urea groups is 1. The first-order valence-electron chi connectivity index (χ1n) is 12.4. The number of hydrazone groups is 1. The first-order valence-corrected chi connectivity index (χ1v) is 12.4. The predicted molar refractivity (Wildman–Crippen MR) is 170 cm³/mol. The van der Waals surface area contributed by atoms with E-state index in [9.17, 15) is 4.79 Å². The fourth-order valence-electron chi connectivity index (χ4n) is 4.36. The zero-order chi connectivity index (χ0) is 28.1. The number of anilines is 6. The van der Waals surface area contributed by atoms with Crippen molar-refractivity contribution in [2.24, 2.45) is 17.9 Å². The SMILES string of the molecule is C[n+]1c2ccccc2c(Nc2ccc(NC(=O)Nc3ccc(N/C=N/NC(=N)N)cc3)cc2)c2ccc(N)cc21.Cl.[Cl-]. The van der Waals surface area contributed by atoms with Crippen LogP contribution in [0.25, 0.3) is 21.8 Å². The molecule has 42 heavy (non-hydrogen) atoms. The molecule has 0 aliphatic rings. The molecular formula is C29H30Cl2N10O. The van der Waals surface area contributed by atoms with Gasteiger partial charge in [0.2, 0.25) is 17.0 Å². The first kappa shape index (κ1) is 31.3. The molecule has 1 heterocycles. The third kappa shape index (κ3) is 7.27. The van der Waals surface area contributed by atoms with Crippen LogP contribution in [0.1, 0.15) is 0 Å². The summed E-state index contributed by atoms with van der Waals surface area (Å²) in [6, 6.07) is 28.4. The number of nitrogens with one attached hydrogen (secondary N) is 6. The third-order valence-corrected chi connectivity index (χ3v) is 6.22. The van der Waals surface area contributed by atoms with Gasteiger partial charge in [-0.2, -0.15) is 9.67 Å². The van der Waals surface area contributed by atoms with Gasteiger partial charge >= 0.3 is 6.03 Å². The van der Waals surface area contributed by atoms with E-state index in [1.54, 1.807) is 24.3 Å². The highest BCUT2D eigenvalue weighted by atomic mass is 35.5. The van der Waals surface area contributed by atoms with Gasteiger partial charge < -0.3 is 45.1 Å². The molecule has 0 radical (unpaired) electrons. The van der Waals surface area contributed by atoms with E-state index < -0.39 is 0 Å². The number of nitrogens with zero attached hydrogens (tertiary/aromatic N) is 2.